The predicted octanol–water partition coefficient (Wildman–Crippen LogP) is 3.25. The summed E-state index contributed by atoms with van der Waals surface area (Å²) in [6, 6.07) is 12.4. The average molecular weight is 371 g/mol. The van der Waals surface area contributed by atoms with Crippen molar-refractivity contribution in [1.82, 2.24) is 5.32 Å². The summed E-state index contributed by atoms with van der Waals surface area (Å²) < 4.78 is 10.6. The van der Waals surface area contributed by atoms with E-state index in [0.29, 0.717) is 25.1 Å². The molecular formula is C21H25NO5. The van der Waals surface area contributed by atoms with Crippen LogP contribution >= 0.6 is 0 Å². The van der Waals surface area contributed by atoms with E-state index in [0.717, 1.165) is 16.9 Å². The van der Waals surface area contributed by atoms with Crippen LogP contribution in [0.3, 0.4) is 0 Å². The minimum atomic E-state index is -1.00. The van der Waals surface area contributed by atoms with Crippen LogP contribution in [0.1, 0.15) is 40.7 Å². The van der Waals surface area contributed by atoms with Gasteiger partial charge in [-0.1, -0.05) is 31.2 Å². The number of para-hydroxylation sites is 1. The Morgan fingerprint density at radius 1 is 1.07 bits per heavy atom. The molecule has 0 aliphatic carbocycles. The fourth-order valence-corrected chi connectivity index (χ4v) is 2.95. The molecule has 0 spiro atoms. The van der Waals surface area contributed by atoms with Crippen LogP contribution in [0.15, 0.2) is 42.5 Å². The van der Waals surface area contributed by atoms with Gasteiger partial charge in [0.2, 0.25) is 5.91 Å². The maximum Gasteiger partial charge on any atom is 0.335 e. The standard InChI is InChI=1S/C21H25NO5/c1-14(17-6-4-5-7-18(17)26-2)12-20(23)22-11-10-15-8-9-16(21(24)25)13-19(15)27-3/h4-9,13-14H,10-12H2,1-3H3,(H,22,23)(H,24,25). The molecule has 144 valence electrons. The molecular weight excluding hydrogens is 346 g/mol. The topological polar surface area (TPSA) is 84.9 Å². The molecule has 0 heterocycles. The molecule has 0 aromatic heterocycles. The number of carboxylic acids is 1. The SMILES string of the molecule is COc1cc(C(=O)O)ccc1CCNC(=O)CC(C)c1ccccc1OC. The van der Waals surface area contributed by atoms with Crippen LogP contribution in [-0.4, -0.2) is 37.7 Å². The highest BCUT2D eigenvalue weighted by atomic mass is 16.5. The van der Waals surface area contributed by atoms with Crippen LogP contribution in [0.2, 0.25) is 0 Å². The average Bonchev–Trinajstić information content (AvgIpc) is 2.67. The van der Waals surface area contributed by atoms with Gasteiger partial charge in [0.25, 0.3) is 0 Å². The summed E-state index contributed by atoms with van der Waals surface area (Å²) in [6.45, 7) is 2.44. The molecule has 1 unspecified atom stereocenters. The summed E-state index contributed by atoms with van der Waals surface area (Å²) in [6.07, 6.45) is 0.910. The Morgan fingerprint density at radius 2 is 1.78 bits per heavy atom. The minimum absolute atomic E-state index is 0.0329. The van der Waals surface area contributed by atoms with Crippen LogP contribution in [0.4, 0.5) is 0 Å². The number of carboxylic acid groups (broad SMARTS) is 1. The number of carbonyl (C=O) groups is 2. The van der Waals surface area contributed by atoms with E-state index in [1.807, 2.05) is 31.2 Å². The molecule has 0 bridgehead atoms. The Kier molecular flexibility index (Phi) is 7.23. The molecule has 0 fully saturated rings. The number of benzene rings is 2. The Balaban J connectivity index is 1.90. The number of methoxy groups -OCH3 is 2. The largest absolute Gasteiger partial charge is 0.496 e. The van der Waals surface area contributed by atoms with E-state index in [1.165, 1.54) is 19.2 Å². The fourth-order valence-electron chi connectivity index (χ4n) is 2.95. The lowest BCUT2D eigenvalue weighted by atomic mass is 9.96. The molecule has 1 atom stereocenters. The molecule has 2 rings (SSSR count). The van der Waals surface area contributed by atoms with E-state index >= 15 is 0 Å². The Hall–Kier alpha value is -3.02. The van der Waals surface area contributed by atoms with Crippen LogP contribution in [0, 0.1) is 0 Å². The van der Waals surface area contributed by atoms with Crippen molar-refractivity contribution in [3.63, 3.8) is 0 Å². The molecule has 0 saturated heterocycles. The number of ether oxygens (including phenoxy) is 2. The van der Waals surface area contributed by atoms with Gasteiger partial charge in [0.05, 0.1) is 19.8 Å². The number of rotatable bonds is 9. The van der Waals surface area contributed by atoms with Gasteiger partial charge in [-0.2, -0.15) is 0 Å². The Morgan fingerprint density at radius 3 is 2.44 bits per heavy atom. The van der Waals surface area contributed by atoms with Gasteiger partial charge in [-0.3, -0.25) is 4.79 Å². The normalized spacial score (nSPS) is 11.5. The molecule has 0 aliphatic rings. The summed E-state index contributed by atoms with van der Waals surface area (Å²) in [5, 5.41) is 11.9. The molecule has 6 heteroatoms. The predicted molar refractivity (Wildman–Crippen MR) is 103 cm³/mol. The zero-order valence-corrected chi connectivity index (χ0v) is 15.8. The van der Waals surface area contributed by atoms with E-state index in [2.05, 4.69) is 5.32 Å². The molecule has 1 amide bonds. The Bertz CT molecular complexity index is 803. The van der Waals surface area contributed by atoms with Crippen molar-refractivity contribution in [3.8, 4) is 11.5 Å². The third-order valence-corrected chi connectivity index (χ3v) is 4.41. The molecule has 0 radical (unpaired) electrons. The first-order valence-electron chi connectivity index (χ1n) is 8.76. The highest BCUT2D eigenvalue weighted by molar-refractivity contribution is 5.88. The van der Waals surface area contributed by atoms with Crippen molar-refractivity contribution < 1.29 is 24.2 Å². The molecule has 2 N–H and O–H groups in total. The maximum atomic E-state index is 12.3. The number of hydrogen-bond donors (Lipinski definition) is 2. The second-order valence-electron chi connectivity index (χ2n) is 6.28. The Labute approximate surface area is 159 Å². The highest BCUT2D eigenvalue weighted by Crippen LogP contribution is 2.28. The number of carbonyl (C=O) groups excluding carboxylic acids is 1. The third-order valence-electron chi connectivity index (χ3n) is 4.41. The van der Waals surface area contributed by atoms with E-state index in [-0.39, 0.29) is 17.4 Å². The van der Waals surface area contributed by atoms with E-state index < -0.39 is 5.97 Å². The highest BCUT2D eigenvalue weighted by Gasteiger charge is 2.15. The number of aromatic carboxylic acids is 1. The van der Waals surface area contributed by atoms with Gasteiger partial charge in [0.1, 0.15) is 11.5 Å². The van der Waals surface area contributed by atoms with Crippen LogP contribution in [0.25, 0.3) is 0 Å². The van der Waals surface area contributed by atoms with E-state index in [9.17, 15) is 9.59 Å². The fraction of sp³-hybridized carbons (Fsp3) is 0.333. The summed E-state index contributed by atoms with van der Waals surface area (Å²) in [5.74, 6) is 0.270. The minimum Gasteiger partial charge on any atom is -0.496 e. The summed E-state index contributed by atoms with van der Waals surface area (Å²) in [7, 11) is 3.12. The van der Waals surface area contributed by atoms with Crippen molar-refractivity contribution in [2.24, 2.45) is 0 Å². The zero-order valence-electron chi connectivity index (χ0n) is 15.8. The molecule has 2 aromatic rings. The van der Waals surface area contributed by atoms with Gasteiger partial charge in [-0.25, -0.2) is 4.79 Å². The summed E-state index contributed by atoms with van der Waals surface area (Å²) >= 11 is 0. The lowest BCUT2D eigenvalue weighted by Crippen LogP contribution is -2.26. The van der Waals surface area contributed by atoms with Crippen LogP contribution < -0.4 is 14.8 Å². The van der Waals surface area contributed by atoms with E-state index in [4.69, 9.17) is 14.6 Å². The van der Waals surface area contributed by atoms with Gasteiger partial charge in [0.15, 0.2) is 0 Å². The van der Waals surface area contributed by atoms with Crippen molar-refractivity contribution in [2.75, 3.05) is 20.8 Å². The molecule has 2 aromatic carbocycles. The second kappa shape index (κ2) is 9.62. The molecule has 6 nitrogen and oxygen atoms in total. The van der Waals surface area contributed by atoms with Crippen LogP contribution in [-0.2, 0) is 11.2 Å². The van der Waals surface area contributed by atoms with Gasteiger partial charge >= 0.3 is 5.97 Å². The molecule has 0 aliphatic heterocycles. The second-order valence-corrected chi connectivity index (χ2v) is 6.28. The summed E-state index contributed by atoms with van der Waals surface area (Å²) in [5.41, 5.74) is 2.02. The first-order chi connectivity index (χ1) is 13.0. The number of amides is 1. The summed E-state index contributed by atoms with van der Waals surface area (Å²) in [4.78, 5) is 23.3. The van der Waals surface area contributed by atoms with Gasteiger partial charge in [0, 0.05) is 13.0 Å². The van der Waals surface area contributed by atoms with Gasteiger partial charge < -0.3 is 19.9 Å². The molecule has 0 saturated carbocycles. The quantitative estimate of drug-likeness (QED) is 0.707. The maximum absolute atomic E-state index is 12.3. The van der Waals surface area contributed by atoms with Crippen LogP contribution in [0.5, 0.6) is 11.5 Å². The first kappa shape index (κ1) is 20.3. The van der Waals surface area contributed by atoms with E-state index in [1.54, 1.807) is 13.2 Å². The van der Waals surface area contributed by atoms with Crippen molar-refractivity contribution in [3.05, 3.63) is 59.2 Å². The smallest absolute Gasteiger partial charge is 0.335 e. The first-order valence-corrected chi connectivity index (χ1v) is 8.76. The monoisotopic (exact) mass is 371 g/mol. The number of nitrogens with one attached hydrogen (secondary N) is 1. The van der Waals surface area contributed by atoms with Crippen molar-refractivity contribution in [1.29, 1.82) is 0 Å². The van der Waals surface area contributed by atoms with Gasteiger partial charge in [-0.05, 0) is 41.7 Å². The molecule has 27 heavy (non-hydrogen) atoms. The van der Waals surface area contributed by atoms with Crippen molar-refractivity contribution >= 4 is 11.9 Å². The van der Waals surface area contributed by atoms with Crippen molar-refractivity contribution in [2.45, 2.75) is 25.7 Å². The lowest BCUT2D eigenvalue weighted by molar-refractivity contribution is -0.121. The van der Waals surface area contributed by atoms with Gasteiger partial charge in [-0.15, -0.1) is 0 Å². The third kappa shape index (κ3) is 5.48. The number of hydrogen-bond acceptors (Lipinski definition) is 4. The zero-order chi connectivity index (χ0) is 19.8. The lowest BCUT2D eigenvalue weighted by Gasteiger charge is -2.15.